The van der Waals surface area contributed by atoms with Crippen LogP contribution in [-0.2, 0) is 16.6 Å². The van der Waals surface area contributed by atoms with Crippen molar-refractivity contribution in [2.45, 2.75) is 6.54 Å². The second kappa shape index (κ2) is 6.85. The number of hydrogen-bond donors (Lipinski definition) is 1. The summed E-state index contributed by atoms with van der Waals surface area (Å²) in [4.78, 5) is 14.3. The van der Waals surface area contributed by atoms with Gasteiger partial charge in [0.05, 0.1) is 6.26 Å². The average Bonchev–Trinajstić information content (AvgIpc) is 2.96. The second-order valence-electron chi connectivity index (χ2n) is 5.87. The first-order valence-electron chi connectivity index (χ1n) is 7.62. The van der Waals surface area contributed by atoms with E-state index < -0.39 is 10.0 Å². The summed E-state index contributed by atoms with van der Waals surface area (Å²) < 4.78 is 26.3. The predicted octanol–water partition coefficient (Wildman–Crippen LogP) is 3.55. The van der Waals surface area contributed by atoms with Crippen LogP contribution in [0.3, 0.4) is 0 Å². The van der Waals surface area contributed by atoms with Crippen LogP contribution in [0.1, 0.15) is 15.9 Å². The smallest absolute Gasteiger partial charge is 0.253 e. The summed E-state index contributed by atoms with van der Waals surface area (Å²) in [6.45, 7) is 0.493. The van der Waals surface area contributed by atoms with Crippen LogP contribution in [0.25, 0.3) is 10.1 Å². The molecule has 0 spiro atoms. The van der Waals surface area contributed by atoms with Gasteiger partial charge in [-0.15, -0.1) is 11.3 Å². The van der Waals surface area contributed by atoms with Gasteiger partial charge < -0.3 is 4.90 Å². The highest BCUT2D eigenvalue weighted by Gasteiger charge is 2.15. The molecular weight excluding hydrogens is 356 g/mol. The Bertz CT molecular complexity index is 1030. The number of nitrogens with zero attached hydrogens (tertiary/aromatic N) is 1. The Balaban J connectivity index is 1.79. The molecule has 1 heterocycles. The first-order chi connectivity index (χ1) is 11.8. The second-order valence-corrected chi connectivity index (χ2v) is 8.53. The molecule has 3 aromatic rings. The third-order valence-electron chi connectivity index (χ3n) is 3.73. The maximum Gasteiger partial charge on any atom is 0.253 e. The lowest BCUT2D eigenvalue weighted by atomic mass is 10.1. The lowest BCUT2D eigenvalue weighted by Crippen LogP contribution is -2.26. The fourth-order valence-electron chi connectivity index (χ4n) is 2.63. The average molecular weight is 374 g/mol. The van der Waals surface area contributed by atoms with Crippen LogP contribution in [0.2, 0.25) is 0 Å². The van der Waals surface area contributed by atoms with Crippen molar-refractivity contribution >= 4 is 43.0 Å². The van der Waals surface area contributed by atoms with Crippen LogP contribution >= 0.6 is 11.3 Å². The molecule has 1 aromatic heterocycles. The molecule has 0 aliphatic carbocycles. The number of nitrogens with one attached hydrogen (secondary N) is 1. The highest BCUT2D eigenvalue weighted by atomic mass is 32.2. The van der Waals surface area contributed by atoms with E-state index in [2.05, 4.69) is 22.2 Å². The van der Waals surface area contributed by atoms with Crippen molar-refractivity contribution in [2.24, 2.45) is 0 Å². The monoisotopic (exact) mass is 374 g/mol. The molecule has 0 atom stereocenters. The van der Waals surface area contributed by atoms with Crippen molar-refractivity contribution in [1.82, 2.24) is 4.90 Å². The summed E-state index contributed by atoms with van der Waals surface area (Å²) in [6.07, 6.45) is 1.08. The largest absolute Gasteiger partial charge is 0.337 e. The van der Waals surface area contributed by atoms with Gasteiger partial charge in [0.15, 0.2) is 0 Å². The Labute approximate surface area is 151 Å². The zero-order chi connectivity index (χ0) is 18.0. The SMILES string of the molecule is CN(Cc1csc2ccccc12)C(=O)c1cccc(NS(C)(=O)=O)c1. The Morgan fingerprint density at radius 1 is 1.16 bits per heavy atom. The van der Waals surface area contributed by atoms with E-state index in [0.717, 1.165) is 17.2 Å². The van der Waals surface area contributed by atoms with Crippen LogP contribution in [0.15, 0.2) is 53.9 Å². The number of amides is 1. The van der Waals surface area contributed by atoms with Crippen LogP contribution in [0, 0.1) is 0 Å². The highest BCUT2D eigenvalue weighted by Crippen LogP contribution is 2.26. The molecule has 7 heteroatoms. The number of rotatable bonds is 5. The molecule has 0 aliphatic rings. The molecule has 130 valence electrons. The Morgan fingerprint density at radius 3 is 2.68 bits per heavy atom. The van der Waals surface area contributed by atoms with Crippen LogP contribution in [0.4, 0.5) is 5.69 Å². The Morgan fingerprint density at radius 2 is 1.92 bits per heavy atom. The van der Waals surface area contributed by atoms with Crippen molar-refractivity contribution in [1.29, 1.82) is 0 Å². The maximum absolute atomic E-state index is 12.7. The molecule has 25 heavy (non-hydrogen) atoms. The number of carbonyl (C=O) groups is 1. The number of fused-ring (bicyclic) bond motifs is 1. The minimum absolute atomic E-state index is 0.160. The van der Waals surface area contributed by atoms with Gasteiger partial charge in [0.25, 0.3) is 5.91 Å². The zero-order valence-electron chi connectivity index (χ0n) is 13.9. The van der Waals surface area contributed by atoms with Gasteiger partial charge in [-0.3, -0.25) is 9.52 Å². The van der Waals surface area contributed by atoms with E-state index in [1.165, 1.54) is 4.70 Å². The first kappa shape index (κ1) is 17.4. The molecule has 1 N–H and O–H groups in total. The molecule has 0 saturated carbocycles. The number of anilines is 1. The molecule has 5 nitrogen and oxygen atoms in total. The maximum atomic E-state index is 12.7. The third-order valence-corrected chi connectivity index (χ3v) is 5.35. The normalized spacial score (nSPS) is 11.4. The van der Waals surface area contributed by atoms with E-state index in [4.69, 9.17) is 0 Å². The van der Waals surface area contributed by atoms with Crippen molar-refractivity contribution < 1.29 is 13.2 Å². The van der Waals surface area contributed by atoms with Crippen LogP contribution < -0.4 is 4.72 Å². The molecule has 0 aliphatic heterocycles. The molecular formula is C18H18N2O3S2. The topological polar surface area (TPSA) is 66.5 Å². The van der Waals surface area contributed by atoms with E-state index in [0.29, 0.717) is 17.8 Å². The Hall–Kier alpha value is -2.38. The van der Waals surface area contributed by atoms with E-state index >= 15 is 0 Å². The van der Waals surface area contributed by atoms with Gasteiger partial charge in [0, 0.05) is 29.5 Å². The lowest BCUT2D eigenvalue weighted by Gasteiger charge is -2.17. The molecule has 0 unspecified atom stereocenters. The quantitative estimate of drug-likeness (QED) is 0.743. The van der Waals surface area contributed by atoms with E-state index in [-0.39, 0.29) is 5.91 Å². The van der Waals surface area contributed by atoms with Gasteiger partial charge in [-0.1, -0.05) is 24.3 Å². The van der Waals surface area contributed by atoms with Crippen molar-refractivity contribution in [3.63, 3.8) is 0 Å². The van der Waals surface area contributed by atoms with Crippen molar-refractivity contribution in [3.8, 4) is 0 Å². The highest BCUT2D eigenvalue weighted by molar-refractivity contribution is 7.92. The van der Waals surface area contributed by atoms with Gasteiger partial charge in [-0.25, -0.2) is 8.42 Å². The lowest BCUT2D eigenvalue weighted by molar-refractivity contribution is 0.0786. The van der Waals surface area contributed by atoms with Gasteiger partial charge in [0.2, 0.25) is 10.0 Å². The molecule has 0 saturated heterocycles. The summed E-state index contributed by atoms with van der Waals surface area (Å²) in [5, 5.41) is 3.22. The van der Waals surface area contributed by atoms with Gasteiger partial charge in [-0.05, 0) is 40.6 Å². The molecule has 0 radical (unpaired) electrons. The number of thiophene rings is 1. The van der Waals surface area contributed by atoms with E-state index in [1.807, 2.05) is 12.1 Å². The van der Waals surface area contributed by atoms with Crippen LogP contribution in [0.5, 0.6) is 0 Å². The number of carbonyl (C=O) groups excluding carboxylic acids is 1. The standard InChI is InChI=1S/C18H18N2O3S2/c1-20(11-14-12-24-17-9-4-3-8-16(14)17)18(21)13-6-5-7-15(10-13)19-25(2,22)23/h3-10,12,19H,11H2,1-2H3. The fourth-order valence-corrected chi connectivity index (χ4v) is 4.14. The summed E-state index contributed by atoms with van der Waals surface area (Å²) >= 11 is 1.66. The van der Waals surface area contributed by atoms with Crippen LogP contribution in [-0.4, -0.2) is 32.5 Å². The van der Waals surface area contributed by atoms with Crippen molar-refractivity contribution in [2.75, 3.05) is 18.0 Å². The summed E-state index contributed by atoms with van der Waals surface area (Å²) in [7, 11) is -1.64. The first-order valence-corrected chi connectivity index (χ1v) is 10.4. The molecule has 0 fully saturated rings. The minimum Gasteiger partial charge on any atom is -0.337 e. The fraction of sp³-hybridized carbons (Fsp3) is 0.167. The predicted molar refractivity (Wildman–Crippen MR) is 103 cm³/mol. The molecule has 1 amide bonds. The zero-order valence-corrected chi connectivity index (χ0v) is 15.5. The van der Waals surface area contributed by atoms with Gasteiger partial charge in [-0.2, -0.15) is 0 Å². The summed E-state index contributed by atoms with van der Waals surface area (Å²) in [5.41, 5.74) is 1.92. The summed E-state index contributed by atoms with van der Waals surface area (Å²) in [6, 6.07) is 14.6. The van der Waals surface area contributed by atoms with Gasteiger partial charge >= 0.3 is 0 Å². The van der Waals surface area contributed by atoms with E-state index in [1.54, 1.807) is 47.5 Å². The third kappa shape index (κ3) is 4.18. The van der Waals surface area contributed by atoms with Gasteiger partial charge in [0.1, 0.15) is 0 Å². The number of hydrogen-bond acceptors (Lipinski definition) is 4. The van der Waals surface area contributed by atoms with E-state index in [9.17, 15) is 13.2 Å². The molecule has 3 rings (SSSR count). The molecule has 0 bridgehead atoms. The molecule has 2 aromatic carbocycles. The Kier molecular flexibility index (Phi) is 4.78. The number of benzene rings is 2. The number of sulfonamides is 1. The van der Waals surface area contributed by atoms with Crippen molar-refractivity contribution in [3.05, 3.63) is 65.0 Å². The minimum atomic E-state index is -3.38. The summed E-state index contributed by atoms with van der Waals surface area (Å²) in [5.74, 6) is -0.160.